The molecule has 1 N–H and O–H groups in total. The van der Waals surface area contributed by atoms with E-state index in [2.05, 4.69) is 4.98 Å². The summed E-state index contributed by atoms with van der Waals surface area (Å²) in [5.74, 6) is -3.03. The van der Waals surface area contributed by atoms with Gasteiger partial charge in [-0.05, 0) is 0 Å². The molecule has 1 saturated carbocycles. The number of aromatic nitrogens is 1. The summed E-state index contributed by atoms with van der Waals surface area (Å²) in [6.07, 6.45) is -10.4. The van der Waals surface area contributed by atoms with Gasteiger partial charge in [-0.25, -0.2) is 18.2 Å². The first-order valence-electron chi connectivity index (χ1n) is 6.54. The second kappa shape index (κ2) is 4.74. The lowest BCUT2D eigenvalue weighted by Crippen LogP contribution is -2.43. The normalized spacial score (nSPS) is 27.4. The highest BCUT2D eigenvalue weighted by Gasteiger charge is 2.49. The average molecular weight is 327 g/mol. The van der Waals surface area contributed by atoms with E-state index in [1.54, 1.807) is 0 Å². The average Bonchev–Trinajstić information content (AvgIpc) is 2.63. The van der Waals surface area contributed by atoms with Crippen molar-refractivity contribution >= 4 is 0 Å². The quantitative estimate of drug-likeness (QED) is 0.848. The summed E-state index contributed by atoms with van der Waals surface area (Å²) in [7, 11) is 0. The Morgan fingerprint density at radius 1 is 1.27 bits per heavy atom. The zero-order chi connectivity index (χ0) is 16.3. The van der Waals surface area contributed by atoms with E-state index in [1.165, 1.54) is 0 Å². The molecule has 1 heterocycles. The van der Waals surface area contributed by atoms with Gasteiger partial charge in [0.1, 0.15) is 24.1 Å². The number of hydrogen-bond donors (Lipinski definition) is 1. The highest BCUT2D eigenvalue weighted by Crippen LogP contribution is 2.46. The van der Waals surface area contributed by atoms with Gasteiger partial charge >= 0.3 is 6.18 Å². The summed E-state index contributed by atoms with van der Waals surface area (Å²) in [6.45, 7) is 0. The Morgan fingerprint density at radius 3 is 2.45 bits per heavy atom. The van der Waals surface area contributed by atoms with Crippen molar-refractivity contribution in [3.63, 3.8) is 0 Å². The molecule has 0 aromatic carbocycles. The maximum Gasteiger partial charge on any atom is 0.433 e. The third kappa shape index (κ3) is 2.51. The van der Waals surface area contributed by atoms with Gasteiger partial charge in [-0.2, -0.15) is 13.2 Å². The van der Waals surface area contributed by atoms with Crippen molar-refractivity contribution in [2.45, 2.75) is 49.7 Å². The van der Waals surface area contributed by atoms with Crippen LogP contribution in [0, 0.1) is 0 Å². The molecule has 122 valence electrons. The molecule has 0 aliphatic heterocycles. The Bertz CT molecular complexity index is 595. The molecule has 9 heteroatoms. The number of pyridine rings is 1. The Hall–Kier alpha value is -1.51. The van der Waals surface area contributed by atoms with Crippen LogP contribution in [0.2, 0.25) is 0 Å². The molecule has 3 rings (SSSR count). The molecular formula is C13H11F6NO2. The van der Waals surface area contributed by atoms with Gasteiger partial charge in [-0.1, -0.05) is 0 Å². The van der Waals surface area contributed by atoms with Crippen LogP contribution in [0.4, 0.5) is 26.3 Å². The maximum absolute atomic E-state index is 13.6. The van der Waals surface area contributed by atoms with Crippen molar-refractivity contribution in [2.75, 3.05) is 0 Å². The van der Waals surface area contributed by atoms with Crippen molar-refractivity contribution in [3.05, 3.63) is 23.0 Å². The minimum atomic E-state index is -4.85. The number of aliphatic hydroxyl groups is 1. The molecule has 2 aliphatic carbocycles. The molecule has 1 fully saturated rings. The third-order valence-electron chi connectivity index (χ3n) is 3.84. The lowest BCUT2D eigenvalue weighted by Gasteiger charge is -2.35. The fourth-order valence-corrected chi connectivity index (χ4v) is 2.76. The van der Waals surface area contributed by atoms with Crippen LogP contribution < -0.4 is 4.74 Å². The molecular weight excluding hydrogens is 316 g/mol. The molecule has 1 aromatic heterocycles. The van der Waals surface area contributed by atoms with Gasteiger partial charge < -0.3 is 9.84 Å². The smallest absolute Gasteiger partial charge is 0.433 e. The zero-order valence-electron chi connectivity index (χ0n) is 11.0. The largest absolute Gasteiger partial charge is 0.488 e. The Balaban J connectivity index is 1.94. The van der Waals surface area contributed by atoms with Crippen LogP contribution >= 0.6 is 0 Å². The molecule has 0 amide bonds. The number of hydrogen-bond acceptors (Lipinski definition) is 3. The molecule has 2 aliphatic rings. The van der Waals surface area contributed by atoms with Gasteiger partial charge in [0.25, 0.3) is 5.92 Å². The predicted molar refractivity (Wildman–Crippen MR) is 61.4 cm³/mol. The molecule has 2 atom stereocenters. The number of fused-ring (bicyclic) bond motifs is 1. The second-order valence-electron chi connectivity index (χ2n) is 5.53. The Kier molecular flexibility index (Phi) is 3.32. The van der Waals surface area contributed by atoms with E-state index in [9.17, 15) is 31.4 Å². The zero-order valence-corrected chi connectivity index (χ0v) is 11.0. The SMILES string of the molecule is O[C@H]1c2c(C(F)(F)F)ncc(OC3CC(F)(F)C3)c2C[C@H]1F. The van der Waals surface area contributed by atoms with Crippen LogP contribution in [0.5, 0.6) is 5.75 Å². The Labute approximate surface area is 120 Å². The van der Waals surface area contributed by atoms with Gasteiger partial charge in [-0.3, -0.25) is 0 Å². The van der Waals surface area contributed by atoms with Crippen molar-refractivity contribution in [1.82, 2.24) is 4.98 Å². The highest BCUT2D eigenvalue weighted by molar-refractivity contribution is 5.47. The summed E-state index contributed by atoms with van der Waals surface area (Å²) < 4.78 is 83.0. The van der Waals surface area contributed by atoms with E-state index in [1.807, 2.05) is 0 Å². The van der Waals surface area contributed by atoms with Gasteiger partial charge in [0.2, 0.25) is 0 Å². The van der Waals surface area contributed by atoms with Crippen molar-refractivity contribution < 1.29 is 36.2 Å². The van der Waals surface area contributed by atoms with Crippen LogP contribution in [0.3, 0.4) is 0 Å². The number of aliphatic hydroxyl groups excluding tert-OH is 1. The molecule has 3 nitrogen and oxygen atoms in total. The molecule has 0 radical (unpaired) electrons. The fraction of sp³-hybridized carbons (Fsp3) is 0.615. The van der Waals surface area contributed by atoms with Crippen LogP contribution in [0.1, 0.15) is 35.8 Å². The first-order valence-corrected chi connectivity index (χ1v) is 6.54. The van der Waals surface area contributed by atoms with E-state index >= 15 is 0 Å². The highest BCUT2D eigenvalue weighted by atomic mass is 19.4. The molecule has 0 spiro atoms. The van der Waals surface area contributed by atoms with Crippen LogP contribution in [0.15, 0.2) is 6.20 Å². The summed E-state index contributed by atoms with van der Waals surface area (Å²) in [4.78, 5) is 3.19. The standard InChI is InChI=1S/C13H11F6NO2/c14-7-1-6-8(22-5-2-12(15,16)3-5)4-20-11(13(17,18)19)9(6)10(7)21/h4-5,7,10,21H,1-3H2/t7-,10-/m1/s1. The number of nitrogens with zero attached hydrogens (tertiary/aromatic N) is 1. The minimum Gasteiger partial charge on any atom is -0.488 e. The van der Waals surface area contributed by atoms with Gasteiger partial charge in [-0.15, -0.1) is 0 Å². The fourth-order valence-electron chi connectivity index (χ4n) is 2.76. The molecule has 0 unspecified atom stereocenters. The van der Waals surface area contributed by atoms with E-state index in [-0.39, 0.29) is 11.3 Å². The first kappa shape index (κ1) is 15.4. The molecule has 1 aromatic rings. The van der Waals surface area contributed by atoms with E-state index < -0.39 is 61.0 Å². The van der Waals surface area contributed by atoms with Crippen molar-refractivity contribution in [1.29, 1.82) is 0 Å². The monoisotopic (exact) mass is 327 g/mol. The van der Waals surface area contributed by atoms with Gasteiger partial charge in [0.15, 0.2) is 5.69 Å². The summed E-state index contributed by atoms with van der Waals surface area (Å²) >= 11 is 0. The topological polar surface area (TPSA) is 42.4 Å². The summed E-state index contributed by atoms with van der Waals surface area (Å²) in [6, 6.07) is 0. The number of halogens is 6. The first-order chi connectivity index (χ1) is 10.1. The Morgan fingerprint density at radius 2 is 1.91 bits per heavy atom. The maximum atomic E-state index is 13.6. The predicted octanol–water partition coefficient (Wildman–Crippen LogP) is 3.20. The lowest BCUT2D eigenvalue weighted by molar-refractivity contribution is -0.143. The number of rotatable bonds is 2. The molecule has 22 heavy (non-hydrogen) atoms. The van der Waals surface area contributed by atoms with E-state index in [4.69, 9.17) is 4.74 Å². The van der Waals surface area contributed by atoms with Crippen molar-refractivity contribution in [3.8, 4) is 5.75 Å². The van der Waals surface area contributed by atoms with E-state index in [0.29, 0.717) is 0 Å². The number of alkyl halides is 6. The molecule has 0 saturated heterocycles. The third-order valence-corrected chi connectivity index (χ3v) is 3.84. The van der Waals surface area contributed by atoms with Gasteiger partial charge in [0.05, 0.1) is 6.20 Å². The van der Waals surface area contributed by atoms with Crippen molar-refractivity contribution in [2.24, 2.45) is 0 Å². The summed E-state index contributed by atoms with van der Waals surface area (Å²) in [5, 5.41) is 9.62. The van der Waals surface area contributed by atoms with E-state index in [0.717, 1.165) is 6.20 Å². The van der Waals surface area contributed by atoms with Crippen LogP contribution in [-0.2, 0) is 12.6 Å². The molecule has 0 bridgehead atoms. The lowest BCUT2D eigenvalue weighted by atomic mass is 9.91. The summed E-state index contributed by atoms with van der Waals surface area (Å²) in [5.41, 5.74) is -2.19. The van der Waals surface area contributed by atoms with Crippen LogP contribution in [0.25, 0.3) is 0 Å². The number of ether oxygens (including phenoxy) is 1. The van der Waals surface area contributed by atoms with Gasteiger partial charge in [0, 0.05) is 30.4 Å². The minimum absolute atomic E-state index is 0.155. The second-order valence-corrected chi connectivity index (χ2v) is 5.53. The van der Waals surface area contributed by atoms with Crippen LogP contribution in [-0.4, -0.2) is 28.3 Å².